The first-order chi connectivity index (χ1) is 16.6. The van der Waals surface area contributed by atoms with Crippen molar-refractivity contribution in [3.05, 3.63) is 76.9 Å². The van der Waals surface area contributed by atoms with Crippen LogP contribution in [0.25, 0.3) is 11.1 Å². The molecular formula is C26H22F3NO5. The van der Waals surface area contributed by atoms with Crippen LogP contribution in [0.1, 0.15) is 41.3 Å². The van der Waals surface area contributed by atoms with Gasteiger partial charge in [-0.25, -0.2) is 4.79 Å². The quantitative estimate of drug-likeness (QED) is 0.461. The van der Waals surface area contributed by atoms with Crippen molar-refractivity contribution in [3.8, 4) is 22.6 Å². The summed E-state index contributed by atoms with van der Waals surface area (Å²) < 4.78 is 50.9. The Morgan fingerprint density at radius 3 is 2.43 bits per heavy atom. The summed E-state index contributed by atoms with van der Waals surface area (Å²) in [5.74, 6) is -0.492. The summed E-state index contributed by atoms with van der Waals surface area (Å²) >= 11 is 0. The van der Waals surface area contributed by atoms with Gasteiger partial charge in [-0.15, -0.1) is 0 Å². The third kappa shape index (κ3) is 4.18. The van der Waals surface area contributed by atoms with Crippen molar-refractivity contribution < 1.29 is 38.8 Å². The monoisotopic (exact) mass is 485 g/mol. The number of aromatic carboxylic acids is 1. The zero-order valence-electron chi connectivity index (χ0n) is 18.5. The lowest BCUT2D eigenvalue weighted by atomic mass is 9.93. The maximum atomic E-state index is 13.4. The van der Waals surface area contributed by atoms with Crippen molar-refractivity contribution in [3.63, 3.8) is 0 Å². The standard InChI is InChI=1S/C26H20F3NO5.H2/c1-14-2-4-19(12-20(14)15-8-16(23(31)32)10-18(9-15)26(27,28)29)30-24(33)25(6-7-25)17-3-5-21-22(11-17)35-13-34-21;/h2-5,8-12H,6-7,13H2,1H3,(H,30,33)(H,31,32);1H. The molecule has 0 unspecified atom stereocenters. The molecule has 0 atom stereocenters. The molecule has 0 aromatic heterocycles. The first-order valence-electron chi connectivity index (χ1n) is 10.8. The van der Waals surface area contributed by atoms with E-state index in [1.807, 2.05) is 6.07 Å². The molecule has 0 bridgehead atoms. The van der Waals surface area contributed by atoms with Crippen LogP contribution in [0.5, 0.6) is 11.5 Å². The average molecular weight is 485 g/mol. The number of benzene rings is 3. The van der Waals surface area contributed by atoms with Crippen LogP contribution < -0.4 is 14.8 Å². The Labute approximate surface area is 199 Å². The number of rotatable bonds is 5. The molecule has 0 radical (unpaired) electrons. The summed E-state index contributed by atoms with van der Waals surface area (Å²) in [6.07, 6.45) is -3.41. The van der Waals surface area contributed by atoms with Gasteiger partial charge in [-0.3, -0.25) is 4.79 Å². The zero-order chi connectivity index (χ0) is 25.0. The van der Waals surface area contributed by atoms with Crippen molar-refractivity contribution >= 4 is 17.6 Å². The molecule has 0 spiro atoms. The fraction of sp³-hybridized carbons (Fsp3) is 0.231. The van der Waals surface area contributed by atoms with Gasteiger partial charge in [-0.2, -0.15) is 13.2 Å². The van der Waals surface area contributed by atoms with Crippen LogP contribution >= 0.6 is 0 Å². The maximum absolute atomic E-state index is 13.4. The van der Waals surface area contributed by atoms with Gasteiger partial charge in [0.2, 0.25) is 12.7 Å². The second kappa shape index (κ2) is 8.04. The summed E-state index contributed by atoms with van der Waals surface area (Å²) in [6, 6.07) is 13.0. The van der Waals surface area contributed by atoms with Crippen LogP contribution in [-0.2, 0) is 16.4 Å². The molecule has 1 aliphatic carbocycles. The normalized spacial score (nSPS) is 15.5. The number of hydrogen-bond donors (Lipinski definition) is 2. The molecule has 0 saturated heterocycles. The number of nitrogens with one attached hydrogen (secondary N) is 1. The minimum absolute atomic E-state index is 0. The van der Waals surface area contributed by atoms with Gasteiger partial charge in [0.25, 0.3) is 0 Å². The van der Waals surface area contributed by atoms with Crippen molar-refractivity contribution in [1.29, 1.82) is 0 Å². The van der Waals surface area contributed by atoms with E-state index in [2.05, 4.69) is 5.32 Å². The lowest BCUT2D eigenvalue weighted by Gasteiger charge is -2.18. The number of carboxylic acid groups (broad SMARTS) is 1. The zero-order valence-corrected chi connectivity index (χ0v) is 18.5. The highest BCUT2D eigenvalue weighted by Gasteiger charge is 2.51. The van der Waals surface area contributed by atoms with E-state index < -0.39 is 28.7 Å². The summed E-state index contributed by atoms with van der Waals surface area (Å²) in [5, 5.41) is 12.2. The van der Waals surface area contributed by atoms with Gasteiger partial charge in [0.1, 0.15) is 0 Å². The lowest BCUT2D eigenvalue weighted by molar-refractivity contribution is -0.137. The van der Waals surface area contributed by atoms with Crippen LogP contribution in [0, 0.1) is 6.92 Å². The third-order valence-corrected chi connectivity index (χ3v) is 6.42. The molecule has 1 saturated carbocycles. The molecule has 182 valence electrons. The first-order valence-corrected chi connectivity index (χ1v) is 10.8. The number of aryl methyl sites for hydroxylation is 1. The fourth-order valence-electron chi connectivity index (χ4n) is 4.30. The van der Waals surface area contributed by atoms with Gasteiger partial charge in [-0.1, -0.05) is 12.1 Å². The van der Waals surface area contributed by atoms with E-state index in [1.165, 1.54) is 6.07 Å². The molecule has 6 nitrogen and oxygen atoms in total. The highest BCUT2D eigenvalue weighted by atomic mass is 19.4. The number of halogens is 3. The van der Waals surface area contributed by atoms with Crippen LogP contribution in [0.15, 0.2) is 54.6 Å². The molecule has 5 rings (SSSR count). The lowest BCUT2D eigenvalue weighted by Crippen LogP contribution is -2.27. The summed E-state index contributed by atoms with van der Waals surface area (Å²) in [4.78, 5) is 24.7. The number of carbonyl (C=O) groups is 2. The largest absolute Gasteiger partial charge is 0.478 e. The minimum atomic E-state index is -4.71. The number of alkyl halides is 3. The van der Waals surface area contributed by atoms with Crippen LogP contribution in [0.4, 0.5) is 18.9 Å². The molecule has 2 N–H and O–H groups in total. The molecule has 35 heavy (non-hydrogen) atoms. The van der Waals surface area contributed by atoms with Crippen molar-refractivity contribution in [1.82, 2.24) is 0 Å². The van der Waals surface area contributed by atoms with Crippen molar-refractivity contribution in [2.45, 2.75) is 31.4 Å². The second-order valence-corrected chi connectivity index (χ2v) is 8.74. The number of amides is 1. The van der Waals surface area contributed by atoms with E-state index >= 15 is 0 Å². The highest BCUT2D eigenvalue weighted by Crippen LogP contribution is 2.51. The van der Waals surface area contributed by atoms with Gasteiger partial charge in [0.05, 0.1) is 16.5 Å². The number of hydrogen-bond acceptors (Lipinski definition) is 4. The van der Waals surface area contributed by atoms with Crippen molar-refractivity contribution in [2.24, 2.45) is 0 Å². The summed E-state index contributed by atoms with van der Waals surface area (Å²) in [6.45, 7) is 1.83. The first kappa shape index (κ1) is 22.8. The second-order valence-electron chi connectivity index (χ2n) is 8.74. The van der Waals surface area contributed by atoms with Crippen LogP contribution in [0.2, 0.25) is 0 Å². The van der Waals surface area contributed by atoms with Gasteiger partial charge >= 0.3 is 12.1 Å². The van der Waals surface area contributed by atoms with E-state index in [0.29, 0.717) is 47.2 Å². The van der Waals surface area contributed by atoms with Crippen molar-refractivity contribution in [2.75, 3.05) is 12.1 Å². The smallest absolute Gasteiger partial charge is 0.416 e. The third-order valence-electron chi connectivity index (χ3n) is 6.42. The number of carbonyl (C=O) groups excluding carboxylic acids is 1. The number of carboxylic acids is 1. The summed E-state index contributed by atoms with van der Waals surface area (Å²) in [5.41, 5.74) is 0.0816. The molecule has 3 aromatic rings. The Kier molecular flexibility index (Phi) is 5.23. The van der Waals surface area contributed by atoms with E-state index in [9.17, 15) is 27.9 Å². The van der Waals surface area contributed by atoms with Crippen LogP contribution in [-0.4, -0.2) is 23.8 Å². The van der Waals surface area contributed by atoms with E-state index in [1.54, 1.807) is 37.3 Å². The topological polar surface area (TPSA) is 84.9 Å². The fourth-order valence-corrected chi connectivity index (χ4v) is 4.30. The van der Waals surface area contributed by atoms with Gasteiger partial charge in [0.15, 0.2) is 11.5 Å². The van der Waals surface area contributed by atoms with Gasteiger partial charge in [0, 0.05) is 7.11 Å². The SMILES string of the molecule is Cc1ccc(NC(=O)C2(c3ccc4c(c3)OCO4)CC2)cc1-c1cc(C(=O)O)cc(C(F)(F)F)c1.[HH]. The van der Waals surface area contributed by atoms with Gasteiger partial charge in [-0.05, 0) is 84.5 Å². The Hall–Kier alpha value is -4.01. The molecule has 1 aliphatic heterocycles. The molecule has 1 amide bonds. The molecule has 2 aliphatic rings. The van der Waals surface area contributed by atoms with E-state index in [-0.39, 0.29) is 19.7 Å². The predicted molar refractivity (Wildman–Crippen MR) is 123 cm³/mol. The van der Waals surface area contributed by atoms with Gasteiger partial charge < -0.3 is 19.9 Å². The molecule has 1 fully saturated rings. The molecule has 1 heterocycles. The molecule has 9 heteroatoms. The number of fused-ring (bicyclic) bond motifs is 1. The van der Waals surface area contributed by atoms with E-state index in [0.717, 1.165) is 11.6 Å². The Bertz CT molecular complexity index is 1370. The number of anilines is 1. The maximum Gasteiger partial charge on any atom is 0.416 e. The summed E-state index contributed by atoms with van der Waals surface area (Å²) in [7, 11) is 0. The predicted octanol–water partition coefficient (Wildman–Crippen LogP) is 6.02. The Morgan fingerprint density at radius 2 is 1.74 bits per heavy atom. The average Bonchev–Trinajstić information content (AvgIpc) is 3.50. The number of ether oxygens (including phenoxy) is 2. The Balaban J connectivity index is 0.00000304. The van der Waals surface area contributed by atoms with Crippen LogP contribution in [0.3, 0.4) is 0 Å². The molecular weight excluding hydrogens is 463 g/mol. The highest BCUT2D eigenvalue weighted by molar-refractivity contribution is 6.02. The van der Waals surface area contributed by atoms with E-state index in [4.69, 9.17) is 9.47 Å². The molecule has 3 aromatic carbocycles. The Morgan fingerprint density at radius 1 is 1.00 bits per heavy atom. The minimum Gasteiger partial charge on any atom is -0.478 e.